The van der Waals surface area contributed by atoms with E-state index in [0.29, 0.717) is 0 Å². The van der Waals surface area contributed by atoms with Gasteiger partial charge in [0.2, 0.25) is 5.13 Å². The third kappa shape index (κ3) is 4.54. The van der Waals surface area contributed by atoms with Gasteiger partial charge in [-0.15, -0.1) is 10.2 Å². The molecule has 0 saturated heterocycles. The molecular weight excluding hydrogens is 316 g/mol. The van der Waals surface area contributed by atoms with E-state index >= 15 is 0 Å². The molecule has 130 valence electrons. The SMILES string of the molecule is CCCN(CCNc1nnc(-c2ccc(C)cc2)s1)C1CCCC1. The van der Waals surface area contributed by atoms with Gasteiger partial charge in [0.05, 0.1) is 0 Å². The molecular formula is C19H28N4S. The Morgan fingerprint density at radius 1 is 1.12 bits per heavy atom. The summed E-state index contributed by atoms with van der Waals surface area (Å²) in [6.45, 7) is 7.62. The van der Waals surface area contributed by atoms with E-state index in [4.69, 9.17) is 0 Å². The van der Waals surface area contributed by atoms with Gasteiger partial charge in [0, 0.05) is 24.7 Å². The smallest absolute Gasteiger partial charge is 0.206 e. The zero-order valence-corrected chi connectivity index (χ0v) is 15.6. The summed E-state index contributed by atoms with van der Waals surface area (Å²) in [5, 5.41) is 14.0. The van der Waals surface area contributed by atoms with Gasteiger partial charge in [0.25, 0.3) is 0 Å². The third-order valence-electron chi connectivity index (χ3n) is 4.75. The molecule has 3 rings (SSSR count). The normalized spacial score (nSPS) is 15.3. The van der Waals surface area contributed by atoms with Gasteiger partial charge in [0.15, 0.2) is 0 Å². The van der Waals surface area contributed by atoms with Crippen molar-refractivity contribution in [3.63, 3.8) is 0 Å². The van der Waals surface area contributed by atoms with Gasteiger partial charge in [-0.2, -0.15) is 0 Å². The summed E-state index contributed by atoms with van der Waals surface area (Å²) >= 11 is 1.64. The van der Waals surface area contributed by atoms with Gasteiger partial charge in [0.1, 0.15) is 5.01 Å². The standard InChI is InChI=1S/C19H28N4S/c1-3-13-23(17-6-4-5-7-17)14-12-20-19-22-21-18(24-19)16-10-8-15(2)9-11-16/h8-11,17H,3-7,12-14H2,1-2H3,(H,20,22). The summed E-state index contributed by atoms with van der Waals surface area (Å²) in [6.07, 6.45) is 6.77. The van der Waals surface area contributed by atoms with Crippen molar-refractivity contribution in [1.29, 1.82) is 0 Å². The molecule has 1 aliphatic carbocycles. The number of nitrogens with one attached hydrogen (secondary N) is 1. The Balaban J connectivity index is 1.52. The molecule has 5 heteroatoms. The lowest BCUT2D eigenvalue weighted by atomic mass is 10.2. The third-order valence-corrected chi connectivity index (χ3v) is 5.68. The van der Waals surface area contributed by atoms with E-state index in [2.05, 4.69) is 58.5 Å². The first-order valence-corrected chi connectivity index (χ1v) is 9.96. The summed E-state index contributed by atoms with van der Waals surface area (Å²) in [7, 11) is 0. The highest BCUT2D eigenvalue weighted by atomic mass is 32.1. The predicted molar refractivity (Wildman–Crippen MR) is 103 cm³/mol. The summed E-state index contributed by atoms with van der Waals surface area (Å²) < 4.78 is 0. The van der Waals surface area contributed by atoms with Crippen LogP contribution in [0.2, 0.25) is 0 Å². The lowest BCUT2D eigenvalue weighted by Gasteiger charge is -2.28. The zero-order chi connectivity index (χ0) is 16.8. The van der Waals surface area contributed by atoms with Crippen LogP contribution in [0.3, 0.4) is 0 Å². The van der Waals surface area contributed by atoms with Crippen LogP contribution in [0.15, 0.2) is 24.3 Å². The molecule has 0 radical (unpaired) electrons. The number of rotatable bonds is 8. The van der Waals surface area contributed by atoms with E-state index in [0.717, 1.165) is 34.8 Å². The Kier molecular flexibility index (Phi) is 6.21. The molecule has 1 fully saturated rings. The molecule has 1 aromatic carbocycles. The number of aryl methyl sites for hydroxylation is 1. The topological polar surface area (TPSA) is 41.0 Å². The van der Waals surface area contributed by atoms with Crippen LogP contribution in [0.5, 0.6) is 0 Å². The predicted octanol–water partition coefficient (Wildman–Crippen LogP) is 4.58. The van der Waals surface area contributed by atoms with Crippen molar-refractivity contribution < 1.29 is 0 Å². The second-order valence-electron chi connectivity index (χ2n) is 6.68. The number of aromatic nitrogens is 2. The van der Waals surface area contributed by atoms with Crippen LogP contribution in [0, 0.1) is 6.92 Å². The Morgan fingerprint density at radius 3 is 2.58 bits per heavy atom. The molecule has 0 unspecified atom stereocenters. The van der Waals surface area contributed by atoms with Crippen LogP contribution in [0.4, 0.5) is 5.13 Å². The van der Waals surface area contributed by atoms with Gasteiger partial charge in [-0.1, -0.05) is 60.9 Å². The molecule has 1 heterocycles. The molecule has 1 N–H and O–H groups in total. The van der Waals surface area contributed by atoms with Crippen molar-refractivity contribution in [2.24, 2.45) is 0 Å². The molecule has 2 aromatic rings. The quantitative estimate of drug-likeness (QED) is 0.761. The number of hydrogen-bond donors (Lipinski definition) is 1. The van der Waals surface area contributed by atoms with Crippen molar-refractivity contribution in [2.75, 3.05) is 25.0 Å². The maximum absolute atomic E-state index is 4.32. The molecule has 0 bridgehead atoms. The van der Waals surface area contributed by atoms with Crippen LogP contribution >= 0.6 is 11.3 Å². The monoisotopic (exact) mass is 344 g/mol. The highest BCUT2D eigenvalue weighted by Gasteiger charge is 2.21. The lowest BCUT2D eigenvalue weighted by Crippen LogP contribution is -2.37. The van der Waals surface area contributed by atoms with E-state index in [1.807, 2.05) is 0 Å². The van der Waals surface area contributed by atoms with E-state index in [1.165, 1.54) is 44.2 Å². The molecule has 0 aliphatic heterocycles. The van der Waals surface area contributed by atoms with Gasteiger partial charge in [-0.3, -0.25) is 4.90 Å². The van der Waals surface area contributed by atoms with Gasteiger partial charge in [-0.25, -0.2) is 0 Å². The first-order valence-electron chi connectivity index (χ1n) is 9.14. The van der Waals surface area contributed by atoms with E-state index in [-0.39, 0.29) is 0 Å². The summed E-state index contributed by atoms with van der Waals surface area (Å²) in [5.74, 6) is 0. The fourth-order valence-corrected chi connectivity index (χ4v) is 4.22. The average Bonchev–Trinajstić information content (AvgIpc) is 3.27. The number of nitrogens with zero attached hydrogens (tertiary/aromatic N) is 3. The van der Waals surface area contributed by atoms with Crippen molar-refractivity contribution in [3.05, 3.63) is 29.8 Å². The van der Waals surface area contributed by atoms with Gasteiger partial charge >= 0.3 is 0 Å². The molecule has 1 aromatic heterocycles. The Bertz CT molecular complexity index is 617. The highest BCUT2D eigenvalue weighted by Crippen LogP contribution is 2.27. The molecule has 0 amide bonds. The van der Waals surface area contributed by atoms with E-state index in [1.54, 1.807) is 11.3 Å². The van der Waals surface area contributed by atoms with E-state index in [9.17, 15) is 0 Å². The van der Waals surface area contributed by atoms with Crippen LogP contribution in [-0.2, 0) is 0 Å². The van der Waals surface area contributed by atoms with Crippen LogP contribution in [-0.4, -0.2) is 40.8 Å². The van der Waals surface area contributed by atoms with Crippen molar-refractivity contribution in [3.8, 4) is 10.6 Å². The van der Waals surface area contributed by atoms with E-state index < -0.39 is 0 Å². The van der Waals surface area contributed by atoms with Crippen molar-refractivity contribution in [1.82, 2.24) is 15.1 Å². The maximum Gasteiger partial charge on any atom is 0.206 e. The van der Waals surface area contributed by atoms with Crippen LogP contribution in [0.25, 0.3) is 10.6 Å². The minimum atomic E-state index is 0.796. The lowest BCUT2D eigenvalue weighted by molar-refractivity contribution is 0.206. The molecule has 0 spiro atoms. The van der Waals surface area contributed by atoms with Gasteiger partial charge in [-0.05, 0) is 32.7 Å². The highest BCUT2D eigenvalue weighted by molar-refractivity contribution is 7.18. The second-order valence-corrected chi connectivity index (χ2v) is 7.66. The minimum absolute atomic E-state index is 0.796. The Labute approximate surface area is 149 Å². The molecule has 1 aliphatic rings. The minimum Gasteiger partial charge on any atom is -0.359 e. The van der Waals surface area contributed by atoms with Crippen LogP contribution in [0.1, 0.15) is 44.6 Å². The molecule has 1 saturated carbocycles. The summed E-state index contributed by atoms with van der Waals surface area (Å²) in [6, 6.07) is 9.26. The second kappa shape index (κ2) is 8.58. The Morgan fingerprint density at radius 2 is 1.88 bits per heavy atom. The maximum atomic E-state index is 4.32. The number of anilines is 1. The van der Waals surface area contributed by atoms with Crippen molar-refractivity contribution >= 4 is 16.5 Å². The molecule has 24 heavy (non-hydrogen) atoms. The summed E-state index contributed by atoms with van der Waals surface area (Å²) in [5.41, 5.74) is 2.41. The summed E-state index contributed by atoms with van der Waals surface area (Å²) in [4.78, 5) is 2.65. The largest absolute Gasteiger partial charge is 0.359 e. The first-order chi connectivity index (χ1) is 11.8. The first kappa shape index (κ1) is 17.4. The van der Waals surface area contributed by atoms with Gasteiger partial charge < -0.3 is 5.32 Å². The average molecular weight is 345 g/mol. The molecule has 0 atom stereocenters. The molecule has 4 nitrogen and oxygen atoms in total. The zero-order valence-electron chi connectivity index (χ0n) is 14.8. The number of hydrogen-bond acceptors (Lipinski definition) is 5. The van der Waals surface area contributed by atoms with Crippen LogP contribution < -0.4 is 5.32 Å². The Hall–Kier alpha value is -1.46. The number of benzene rings is 1. The fraction of sp³-hybridized carbons (Fsp3) is 0.579. The van der Waals surface area contributed by atoms with Crippen molar-refractivity contribution in [2.45, 2.75) is 52.0 Å². The fourth-order valence-electron chi connectivity index (χ4n) is 3.45.